The highest BCUT2D eigenvalue weighted by atomic mass is 35.5. The van der Waals surface area contributed by atoms with Crippen LogP contribution in [0.4, 0.5) is 5.13 Å². The van der Waals surface area contributed by atoms with Crippen molar-refractivity contribution in [2.45, 2.75) is 12.5 Å². The Morgan fingerprint density at radius 3 is 2.60 bits per heavy atom. The molecule has 0 spiro atoms. The van der Waals surface area contributed by atoms with Crippen LogP contribution in [0, 0.1) is 0 Å². The lowest BCUT2D eigenvalue weighted by Gasteiger charge is -2.21. The summed E-state index contributed by atoms with van der Waals surface area (Å²) in [7, 11) is 0. The molecular weight excluding hydrogens is 501 g/mol. The molecule has 0 bridgehead atoms. The summed E-state index contributed by atoms with van der Waals surface area (Å²) in [6.07, 6.45) is 2.24. The lowest BCUT2D eigenvalue weighted by atomic mass is 9.99. The normalized spacial score (nSPS) is 15.4. The van der Waals surface area contributed by atoms with Gasteiger partial charge in [0.15, 0.2) is 0 Å². The summed E-state index contributed by atoms with van der Waals surface area (Å²) in [4.78, 5) is 17.2. The van der Waals surface area contributed by atoms with Gasteiger partial charge >= 0.3 is 0 Å². The number of anilines is 1. The van der Waals surface area contributed by atoms with Gasteiger partial charge < -0.3 is 0 Å². The van der Waals surface area contributed by atoms with Crippen molar-refractivity contribution in [2.75, 3.05) is 5.01 Å². The highest BCUT2D eigenvalue weighted by Crippen LogP contribution is 2.38. The fraction of sp³-hybridized carbons (Fsp3) is 0.0769. The summed E-state index contributed by atoms with van der Waals surface area (Å²) < 4.78 is 0. The maximum atomic E-state index is 12.6. The number of hydrogen-bond donors (Lipinski definition) is 1. The average Bonchev–Trinajstić information content (AvgIpc) is 3.53. The van der Waals surface area contributed by atoms with Gasteiger partial charge in [-0.3, -0.25) is 4.79 Å². The molecule has 1 amide bonds. The molecular formula is C26H19Cl2N5OS. The quantitative estimate of drug-likeness (QED) is 0.231. The van der Waals surface area contributed by atoms with Gasteiger partial charge in [-0.25, -0.2) is 15.4 Å². The van der Waals surface area contributed by atoms with E-state index in [0.717, 1.165) is 22.4 Å². The van der Waals surface area contributed by atoms with Crippen LogP contribution in [-0.2, 0) is 0 Å². The summed E-state index contributed by atoms with van der Waals surface area (Å²) in [6.45, 7) is 0. The zero-order chi connectivity index (χ0) is 24.2. The van der Waals surface area contributed by atoms with Crippen LogP contribution in [0.2, 0.25) is 10.0 Å². The molecule has 1 aromatic heterocycles. The predicted molar refractivity (Wildman–Crippen MR) is 143 cm³/mol. The number of halogens is 2. The number of amides is 1. The maximum Gasteiger partial charge on any atom is 0.290 e. The molecule has 2 heterocycles. The topological polar surface area (TPSA) is 70.0 Å². The van der Waals surface area contributed by atoms with Crippen LogP contribution >= 0.6 is 34.5 Å². The number of thiazole rings is 1. The number of carbonyl (C=O) groups is 1. The van der Waals surface area contributed by atoms with Gasteiger partial charge in [0, 0.05) is 21.8 Å². The van der Waals surface area contributed by atoms with Gasteiger partial charge in [-0.1, -0.05) is 77.8 Å². The minimum atomic E-state index is -0.403. The van der Waals surface area contributed by atoms with Crippen LogP contribution < -0.4 is 10.4 Å². The Labute approximate surface area is 216 Å². The SMILES string of the molecule is O=C(NN=Cc1cccc(Cl)c1)c1csc(N2N=C(c3ccccc3)CC2c2ccc(Cl)cc2)n1. The molecule has 1 atom stereocenters. The Hall–Kier alpha value is -3.52. The second-order valence-corrected chi connectivity index (χ2v) is 9.51. The van der Waals surface area contributed by atoms with Crippen molar-refractivity contribution in [3.8, 4) is 0 Å². The summed E-state index contributed by atoms with van der Waals surface area (Å²) in [5.41, 5.74) is 6.64. The van der Waals surface area contributed by atoms with E-state index in [1.807, 2.05) is 71.7 Å². The molecule has 1 unspecified atom stereocenters. The van der Waals surface area contributed by atoms with E-state index in [1.165, 1.54) is 17.6 Å². The maximum absolute atomic E-state index is 12.6. The number of nitrogens with one attached hydrogen (secondary N) is 1. The fourth-order valence-electron chi connectivity index (χ4n) is 3.72. The summed E-state index contributed by atoms with van der Waals surface area (Å²) >= 11 is 13.4. The fourth-order valence-corrected chi connectivity index (χ4v) is 4.85. The van der Waals surface area contributed by atoms with E-state index in [1.54, 1.807) is 17.5 Å². The number of hydrogen-bond acceptors (Lipinski definition) is 6. The molecule has 174 valence electrons. The number of aromatic nitrogens is 1. The van der Waals surface area contributed by atoms with E-state index in [9.17, 15) is 4.79 Å². The molecule has 0 radical (unpaired) electrons. The van der Waals surface area contributed by atoms with E-state index < -0.39 is 5.91 Å². The first-order chi connectivity index (χ1) is 17.1. The van der Waals surface area contributed by atoms with Crippen molar-refractivity contribution in [3.05, 3.63) is 117 Å². The average molecular weight is 520 g/mol. The number of carbonyl (C=O) groups excluding carboxylic acids is 1. The van der Waals surface area contributed by atoms with Gasteiger partial charge in [0.1, 0.15) is 5.69 Å². The number of hydrazone groups is 2. The molecule has 4 aromatic rings. The Balaban J connectivity index is 1.37. The first-order valence-corrected chi connectivity index (χ1v) is 12.4. The van der Waals surface area contributed by atoms with Crippen molar-refractivity contribution < 1.29 is 4.79 Å². The van der Waals surface area contributed by atoms with Gasteiger partial charge in [0.05, 0.1) is 18.0 Å². The van der Waals surface area contributed by atoms with E-state index in [2.05, 4.69) is 15.5 Å². The van der Waals surface area contributed by atoms with Crippen molar-refractivity contribution in [1.82, 2.24) is 10.4 Å². The molecule has 9 heteroatoms. The van der Waals surface area contributed by atoms with Crippen molar-refractivity contribution in [2.24, 2.45) is 10.2 Å². The molecule has 35 heavy (non-hydrogen) atoms. The van der Waals surface area contributed by atoms with E-state index in [4.69, 9.17) is 28.3 Å². The second kappa shape index (κ2) is 10.4. The van der Waals surface area contributed by atoms with Crippen molar-refractivity contribution in [1.29, 1.82) is 0 Å². The molecule has 5 rings (SSSR count). The molecule has 3 aromatic carbocycles. The van der Waals surface area contributed by atoms with Gasteiger partial charge in [-0.05, 0) is 41.0 Å². The van der Waals surface area contributed by atoms with Crippen LogP contribution in [0.5, 0.6) is 0 Å². The minimum Gasteiger partial charge on any atom is -0.266 e. The standard InChI is InChI=1S/C26H19Cl2N5OS/c27-20-11-9-19(10-12-20)24-14-22(18-6-2-1-3-7-18)32-33(24)26-30-23(16-35-26)25(34)31-29-15-17-5-4-8-21(28)13-17/h1-13,15-16,24H,14H2,(H,31,34). The highest BCUT2D eigenvalue weighted by Gasteiger charge is 2.32. The van der Waals surface area contributed by atoms with Crippen LogP contribution in [0.25, 0.3) is 0 Å². The van der Waals surface area contributed by atoms with Crippen LogP contribution in [-0.4, -0.2) is 22.8 Å². The van der Waals surface area contributed by atoms with Gasteiger partial charge in [-0.15, -0.1) is 11.3 Å². The van der Waals surface area contributed by atoms with Crippen molar-refractivity contribution >= 4 is 57.5 Å². The zero-order valence-electron chi connectivity index (χ0n) is 18.3. The molecule has 0 aliphatic carbocycles. The van der Waals surface area contributed by atoms with E-state index in [-0.39, 0.29) is 11.7 Å². The Morgan fingerprint density at radius 2 is 1.83 bits per heavy atom. The van der Waals surface area contributed by atoms with Gasteiger partial charge in [0.2, 0.25) is 5.13 Å². The smallest absolute Gasteiger partial charge is 0.266 e. The molecule has 0 saturated heterocycles. The highest BCUT2D eigenvalue weighted by molar-refractivity contribution is 7.14. The molecule has 1 aliphatic heterocycles. The summed E-state index contributed by atoms with van der Waals surface area (Å²) in [5, 5.41) is 14.4. The van der Waals surface area contributed by atoms with E-state index in [0.29, 0.717) is 21.6 Å². The first-order valence-electron chi connectivity index (χ1n) is 10.8. The van der Waals surface area contributed by atoms with Gasteiger partial charge in [0.25, 0.3) is 5.91 Å². The van der Waals surface area contributed by atoms with Crippen molar-refractivity contribution in [3.63, 3.8) is 0 Å². The van der Waals surface area contributed by atoms with Crippen LogP contribution in [0.3, 0.4) is 0 Å². The summed E-state index contributed by atoms with van der Waals surface area (Å²) in [6, 6.07) is 24.9. The number of nitrogens with zero attached hydrogens (tertiary/aromatic N) is 4. The first kappa shape index (κ1) is 23.2. The molecule has 1 N–H and O–H groups in total. The Kier molecular flexibility index (Phi) is 6.90. The third kappa shape index (κ3) is 5.43. The van der Waals surface area contributed by atoms with E-state index >= 15 is 0 Å². The zero-order valence-corrected chi connectivity index (χ0v) is 20.6. The molecule has 6 nitrogen and oxygen atoms in total. The van der Waals surface area contributed by atoms with Gasteiger partial charge in [-0.2, -0.15) is 10.2 Å². The summed E-state index contributed by atoms with van der Waals surface area (Å²) in [5.74, 6) is -0.403. The number of rotatable bonds is 6. The third-order valence-electron chi connectivity index (χ3n) is 5.42. The third-order valence-corrected chi connectivity index (χ3v) is 6.74. The second-order valence-electron chi connectivity index (χ2n) is 7.80. The van der Waals surface area contributed by atoms with Crippen LogP contribution in [0.1, 0.15) is 39.6 Å². The number of benzene rings is 3. The lowest BCUT2D eigenvalue weighted by molar-refractivity contribution is 0.0951. The molecule has 1 aliphatic rings. The molecule has 0 saturated carbocycles. The van der Waals surface area contributed by atoms with Crippen LogP contribution in [0.15, 0.2) is 94.4 Å². The predicted octanol–water partition coefficient (Wildman–Crippen LogP) is 6.57. The lowest BCUT2D eigenvalue weighted by Crippen LogP contribution is -2.20. The minimum absolute atomic E-state index is 0.0645. The monoisotopic (exact) mass is 519 g/mol. The Bertz CT molecular complexity index is 1400. The molecule has 0 fully saturated rings. The largest absolute Gasteiger partial charge is 0.290 e. The Morgan fingerprint density at radius 1 is 1.03 bits per heavy atom.